The standard InChI is InChI=1S/C33H32Cl3N3O5S/c1-22-9-14-27(15-10-22)45(42,43)39(26-13-16-31(44-3)29(36)19-26)21-32(40)38(20-24-11-12-25(34)18-28(24)35)30(33(41)37-2)17-23-7-5-4-6-8-23/h4-16,18-19,30H,17,20-21H2,1-3H3,(H,37,41)/t30-/m1/s1. The fourth-order valence-electron chi connectivity index (χ4n) is 4.73. The Bertz CT molecular complexity index is 1770. The van der Waals surface area contributed by atoms with Crippen LogP contribution in [-0.4, -0.2) is 51.9 Å². The molecule has 4 rings (SSSR count). The van der Waals surface area contributed by atoms with E-state index in [9.17, 15) is 18.0 Å². The van der Waals surface area contributed by atoms with Crippen molar-refractivity contribution in [2.45, 2.75) is 30.8 Å². The third kappa shape index (κ3) is 8.29. The van der Waals surface area contributed by atoms with Crippen LogP contribution in [0, 0.1) is 6.92 Å². The Kier molecular flexibility index (Phi) is 11.4. The Morgan fingerprint density at radius 2 is 1.58 bits per heavy atom. The van der Waals surface area contributed by atoms with Crippen LogP contribution in [-0.2, 0) is 32.6 Å². The molecule has 0 unspecified atom stereocenters. The number of ether oxygens (including phenoxy) is 1. The third-order valence-corrected chi connectivity index (χ3v) is 9.85. The van der Waals surface area contributed by atoms with Gasteiger partial charge in [-0.1, -0.05) is 88.9 Å². The van der Waals surface area contributed by atoms with E-state index in [-0.39, 0.29) is 28.6 Å². The van der Waals surface area contributed by atoms with Crippen molar-refractivity contribution in [2.24, 2.45) is 0 Å². The van der Waals surface area contributed by atoms with Gasteiger partial charge in [0.05, 0.1) is 22.7 Å². The van der Waals surface area contributed by atoms with E-state index in [4.69, 9.17) is 39.5 Å². The average molecular weight is 689 g/mol. The number of anilines is 1. The number of nitrogens with zero attached hydrogens (tertiary/aromatic N) is 2. The zero-order chi connectivity index (χ0) is 32.7. The van der Waals surface area contributed by atoms with Gasteiger partial charge in [0.2, 0.25) is 11.8 Å². The minimum atomic E-state index is -4.29. The zero-order valence-electron chi connectivity index (χ0n) is 24.8. The van der Waals surface area contributed by atoms with Crippen LogP contribution >= 0.6 is 34.8 Å². The molecule has 0 radical (unpaired) electrons. The molecule has 0 saturated carbocycles. The normalized spacial score (nSPS) is 11.9. The SMILES string of the molecule is CNC(=O)[C@@H](Cc1ccccc1)N(Cc1ccc(Cl)cc1Cl)C(=O)CN(c1ccc(OC)c(Cl)c1)S(=O)(=O)c1ccc(C)cc1. The van der Waals surface area contributed by atoms with Gasteiger partial charge in [-0.05, 0) is 60.5 Å². The molecule has 4 aromatic carbocycles. The van der Waals surface area contributed by atoms with Gasteiger partial charge in [0.1, 0.15) is 18.3 Å². The van der Waals surface area contributed by atoms with Crippen molar-refractivity contribution in [3.63, 3.8) is 0 Å². The summed E-state index contributed by atoms with van der Waals surface area (Å²) < 4.78 is 34.5. The van der Waals surface area contributed by atoms with Crippen LogP contribution in [0.15, 0.2) is 95.9 Å². The molecule has 45 heavy (non-hydrogen) atoms. The first-order valence-electron chi connectivity index (χ1n) is 13.9. The highest BCUT2D eigenvalue weighted by Crippen LogP contribution is 2.33. The van der Waals surface area contributed by atoms with Gasteiger partial charge >= 0.3 is 0 Å². The van der Waals surface area contributed by atoms with Gasteiger partial charge in [-0.3, -0.25) is 13.9 Å². The van der Waals surface area contributed by atoms with E-state index in [1.807, 2.05) is 37.3 Å². The number of hydrogen-bond acceptors (Lipinski definition) is 5. The summed E-state index contributed by atoms with van der Waals surface area (Å²) in [5, 5.41) is 3.50. The number of amides is 2. The van der Waals surface area contributed by atoms with Crippen LogP contribution in [0.4, 0.5) is 5.69 Å². The number of likely N-dealkylation sites (N-methyl/N-ethyl adjacent to an activating group) is 1. The highest BCUT2D eigenvalue weighted by atomic mass is 35.5. The predicted molar refractivity (Wildman–Crippen MR) is 179 cm³/mol. The Labute approximate surface area is 278 Å². The third-order valence-electron chi connectivity index (χ3n) is 7.18. The molecule has 236 valence electrons. The summed E-state index contributed by atoms with van der Waals surface area (Å²) in [6.07, 6.45) is 0.163. The molecule has 0 aliphatic rings. The highest BCUT2D eigenvalue weighted by Gasteiger charge is 2.35. The second kappa shape index (κ2) is 15.0. The highest BCUT2D eigenvalue weighted by molar-refractivity contribution is 7.92. The van der Waals surface area contributed by atoms with Crippen LogP contribution < -0.4 is 14.4 Å². The van der Waals surface area contributed by atoms with Crippen LogP contribution in [0.3, 0.4) is 0 Å². The molecule has 0 heterocycles. The van der Waals surface area contributed by atoms with E-state index in [0.29, 0.717) is 21.4 Å². The molecule has 8 nitrogen and oxygen atoms in total. The Morgan fingerprint density at radius 3 is 2.18 bits per heavy atom. The lowest BCUT2D eigenvalue weighted by atomic mass is 10.0. The Balaban J connectivity index is 1.83. The fourth-order valence-corrected chi connectivity index (χ4v) is 6.86. The van der Waals surface area contributed by atoms with Gasteiger partial charge in [-0.15, -0.1) is 0 Å². The molecule has 0 aliphatic heterocycles. The topological polar surface area (TPSA) is 96.0 Å². The van der Waals surface area contributed by atoms with Gasteiger partial charge in [0.15, 0.2) is 0 Å². The maximum absolute atomic E-state index is 14.4. The van der Waals surface area contributed by atoms with Gasteiger partial charge in [0.25, 0.3) is 10.0 Å². The maximum atomic E-state index is 14.4. The summed E-state index contributed by atoms with van der Waals surface area (Å²) in [5.41, 5.74) is 2.33. The van der Waals surface area contributed by atoms with Crippen molar-refractivity contribution in [1.82, 2.24) is 10.2 Å². The molecule has 1 atom stereocenters. The number of methoxy groups -OCH3 is 1. The molecule has 0 aliphatic carbocycles. The first kappa shape index (κ1) is 34.1. The van der Waals surface area contributed by atoms with Crippen LogP contribution in [0.2, 0.25) is 15.1 Å². The number of rotatable bonds is 12. The molecule has 0 fully saturated rings. The van der Waals surface area contributed by atoms with Gasteiger partial charge in [-0.2, -0.15) is 0 Å². The van der Waals surface area contributed by atoms with Crippen LogP contribution in [0.25, 0.3) is 0 Å². The molecule has 0 aromatic heterocycles. The number of nitrogens with one attached hydrogen (secondary N) is 1. The number of carbonyl (C=O) groups is 2. The largest absolute Gasteiger partial charge is 0.495 e. The minimum Gasteiger partial charge on any atom is -0.495 e. The predicted octanol–water partition coefficient (Wildman–Crippen LogP) is 6.55. The Morgan fingerprint density at radius 1 is 0.889 bits per heavy atom. The molecular formula is C33H32Cl3N3O5S. The maximum Gasteiger partial charge on any atom is 0.264 e. The smallest absolute Gasteiger partial charge is 0.264 e. The molecule has 4 aromatic rings. The van der Waals surface area contributed by atoms with E-state index in [2.05, 4.69) is 5.32 Å². The second-order valence-corrected chi connectivity index (χ2v) is 13.3. The molecular weight excluding hydrogens is 657 g/mol. The zero-order valence-corrected chi connectivity index (χ0v) is 27.9. The molecule has 0 saturated heterocycles. The van der Waals surface area contributed by atoms with E-state index < -0.39 is 34.4 Å². The molecule has 0 bridgehead atoms. The summed E-state index contributed by atoms with van der Waals surface area (Å²) >= 11 is 19.0. The lowest BCUT2D eigenvalue weighted by Gasteiger charge is -2.34. The second-order valence-electron chi connectivity index (χ2n) is 10.2. The summed E-state index contributed by atoms with van der Waals surface area (Å²) in [6.45, 7) is 1.10. The number of halogens is 3. The van der Waals surface area contributed by atoms with Crippen molar-refractivity contribution in [3.05, 3.63) is 123 Å². The van der Waals surface area contributed by atoms with E-state index in [0.717, 1.165) is 15.4 Å². The number of benzene rings is 4. The Hall–Kier alpha value is -3.76. The van der Waals surface area contributed by atoms with Crippen molar-refractivity contribution >= 4 is 62.3 Å². The van der Waals surface area contributed by atoms with Crippen molar-refractivity contribution < 1.29 is 22.7 Å². The van der Waals surface area contributed by atoms with E-state index >= 15 is 0 Å². The van der Waals surface area contributed by atoms with Gasteiger partial charge < -0.3 is 15.0 Å². The van der Waals surface area contributed by atoms with Crippen molar-refractivity contribution in [2.75, 3.05) is 25.0 Å². The van der Waals surface area contributed by atoms with Crippen LogP contribution in [0.1, 0.15) is 16.7 Å². The first-order chi connectivity index (χ1) is 21.4. The fraction of sp³-hybridized carbons (Fsp3) is 0.212. The van der Waals surface area contributed by atoms with Crippen molar-refractivity contribution in [1.29, 1.82) is 0 Å². The number of aryl methyl sites for hydroxylation is 1. The lowest BCUT2D eigenvalue weighted by Crippen LogP contribution is -2.53. The van der Waals surface area contributed by atoms with Crippen molar-refractivity contribution in [3.8, 4) is 5.75 Å². The van der Waals surface area contributed by atoms with Crippen LogP contribution in [0.5, 0.6) is 5.75 Å². The summed E-state index contributed by atoms with van der Waals surface area (Å²) in [4.78, 5) is 29.1. The monoisotopic (exact) mass is 687 g/mol. The van der Waals surface area contributed by atoms with E-state index in [1.165, 1.54) is 49.4 Å². The molecule has 0 spiro atoms. The van der Waals surface area contributed by atoms with Gasteiger partial charge in [0, 0.05) is 30.1 Å². The molecule has 1 N–H and O–H groups in total. The summed E-state index contributed by atoms with van der Waals surface area (Å²) in [6, 6.07) is 23.8. The molecule has 12 heteroatoms. The number of hydrogen-bond donors (Lipinski definition) is 1. The minimum absolute atomic E-state index is 0.0210. The number of sulfonamides is 1. The quantitative estimate of drug-likeness (QED) is 0.182. The first-order valence-corrected chi connectivity index (χ1v) is 16.4. The van der Waals surface area contributed by atoms with Gasteiger partial charge in [-0.25, -0.2) is 8.42 Å². The number of carbonyl (C=O) groups excluding carboxylic acids is 2. The lowest BCUT2D eigenvalue weighted by molar-refractivity contribution is -0.139. The summed E-state index contributed by atoms with van der Waals surface area (Å²) in [7, 11) is -1.37. The molecule has 2 amide bonds. The summed E-state index contributed by atoms with van der Waals surface area (Å²) in [5.74, 6) is -0.744. The van der Waals surface area contributed by atoms with E-state index in [1.54, 1.807) is 30.3 Å². The average Bonchev–Trinajstić information content (AvgIpc) is 3.02.